The van der Waals surface area contributed by atoms with E-state index in [2.05, 4.69) is 59.7 Å². The molecule has 0 spiro atoms. The number of hydrogen-bond acceptors (Lipinski definition) is 6. The molecule has 0 aliphatic rings. The lowest BCUT2D eigenvalue weighted by atomic mass is 10.1. The molecule has 4 aromatic rings. The first-order chi connectivity index (χ1) is 15.6. The van der Waals surface area contributed by atoms with Gasteiger partial charge in [-0.05, 0) is 43.2 Å². The maximum absolute atomic E-state index is 5.96. The number of methoxy groups -OCH3 is 1. The number of aryl methyl sites for hydroxylation is 2. The lowest BCUT2D eigenvalue weighted by Crippen LogP contribution is -1.99. The van der Waals surface area contributed by atoms with Crippen molar-refractivity contribution in [3.8, 4) is 22.8 Å². The second kappa shape index (κ2) is 10.1. The fraction of sp³-hybridized carbons (Fsp3) is 0.154. The fourth-order valence-corrected chi connectivity index (χ4v) is 4.10. The Bertz CT molecular complexity index is 1220. The standard InChI is InChI=1S/C26H25N3O2S/c1-18-8-7-9-21(14-18)17-31-23-13-12-20(15-24(23)30-3)16-27-29-26-28-25(19(2)32-26)22-10-5-4-6-11-22/h4-16H,17H2,1-3H3,(H,28,29)/b27-16+. The molecule has 0 aliphatic heterocycles. The van der Waals surface area contributed by atoms with Gasteiger partial charge in [-0.25, -0.2) is 4.98 Å². The third-order valence-corrected chi connectivity index (χ3v) is 5.76. The second-order valence-corrected chi connectivity index (χ2v) is 8.55. The van der Waals surface area contributed by atoms with E-state index in [0.29, 0.717) is 18.1 Å². The van der Waals surface area contributed by atoms with Gasteiger partial charge < -0.3 is 9.47 Å². The third kappa shape index (κ3) is 5.34. The first-order valence-electron chi connectivity index (χ1n) is 10.3. The molecule has 0 atom stereocenters. The summed E-state index contributed by atoms with van der Waals surface area (Å²) in [5.41, 5.74) is 8.34. The van der Waals surface area contributed by atoms with Crippen LogP contribution in [0.4, 0.5) is 5.13 Å². The summed E-state index contributed by atoms with van der Waals surface area (Å²) in [4.78, 5) is 5.81. The quantitative estimate of drug-likeness (QED) is 0.251. The van der Waals surface area contributed by atoms with Crippen molar-refractivity contribution >= 4 is 22.7 Å². The first-order valence-corrected chi connectivity index (χ1v) is 11.1. The molecule has 0 amide bonds. The van der Waals surface area contributed by atoms with E-state index >= 15 is 0 Å². The van der Waals surface area contributed by atoms with Gasteiger partial charge >= 0.3 is 0 Å². The van der Waals surface area contributed by atoms with E-state index in [9.17, 15) is 0 Å². The highest BCUT2D eigenvalue weighted by molar-refractivity contribution is 7.15. The van der Waals surface area contributed by atoms with Crippen molar-refractivity contribution in [1.29, 1.82) is 0 Å². The molecule has 162 valence electrons. The van der Waals surface area contributed by atoms with Crippen molar-refractivity contribution in [2.75, 3.05) is 12.5 Å². The van der Waals surface area contributed by atoms with E-state index < -0.39 is 0 Å². The van der Waals surface area contributed by atoms with Gasteiger partial charge in [-0.1, -0.05) is 60.2 Å². The topological polar surface area (TPSA) is 55.7 Å². The fourth-order valence-electron chi connectivity index (χ4n) is 3.32. The number of thiazole rings is 1. The average Bonchev–Trinajstić information content (AvgIpc) is 3.19. The van der Waals surface area contributed by atoms with Crippen LogP contribution in [0.2, 0.25) is 0 Å². The number of benzene rings is 3. The van der Waals surface area contributed by atoms with Crippen LogP contribution in [0.5, 0.6) is 11.5 Å². The van der Waals surface area contributed by atoms with E-state index in [1.807, 2.05) is 42.5 Å². The van der Waals surface area contributed by atoms with E-state index in [1.165, 1.54) is 5.56 Å². The summed E-state index contributed by atoms with van der Waals surface area (Å²) in [6.07, 6.45) is 1.74. The van der Waals surface area contributed by atoms with Crippen LogP contribution in [0.3, 0.4) is 0 Å². The first kappa shape index (κ1) is 21.6. The summed E-state index contributed by atoms with van der Waals surface area (Å²) in [5.74, 6) is 1.36. The number of hydrazone groups is 1. The van der Waals surface area contributed by atoms with Crippen LogP contribution in [0.25, 0.3) is 11.3 Å². The van der Waals surface area contributed by atoms with Gasteiger partial charge in [0.2, 0.25) is 5.13 Å². The van der Waals surface area contributed by atoms with E-state index in [1.54, 1.807) is 24.7 Å². The molecule has 4 rings (SSSR count). The Hall–Kier alpha value is -3.64. The number of nitrogens with zero attached hydrogens (tertiary/aromatic N) is 2. The highest BCUT2D eigenvalue weighted by Crippen LogP contribution is 2.31. The molecule has 32 heavy (non-hydrogen) atoms. The molecule has 3 aromatic carbocycles. The predicted molar refractivity (Wildman–Crippen MR) is 132 cm³/mol. The number of aromatic nitrogens is 1. The van der Waals surface area contributed by atoms with Gasteiger partial charge in [-0.2, -0.15) is 5.10 Å². The van der Waals surface area contributed by atoms with Crippen LogP contribution in [0, 0.1) is 13.8 Å². The minimum atomic E-state index is 0.486. The van der Waals surface area contributed by atoms with E-state index in [4.69, 9.17) is 9.47 Å². The van der Waals surface area contributed by atoms with Crippen LogP contribution in [-0.2, 0) is 6.61 Å². The zero-order valence-corrected chi connectivity index (χ0v) is 19.1. The van der Waals surface area contributed by atoms with Crippen LogP contribution in [0.15, 0.2) is 77.9 Å². The van der Waals surface area contributed by atoms with Crippen molar-refractivity contribution in [3.63, 3.8) is 0 Å². The van der Waals surface area contributed by atoms with Crippen molar-refractivity contribution in [2.24, 2.45) is 5.10 Å². The van der Waals surface area contributed by atoms with Gasteiger partial charge in [-0.3, -0.25) is 5.43 Å². The van der Waals surface area contributed by atoms with Crippen molar-refractivity contribution in [1.82, 2.24) is 4.98 Å². The lowest BCUT2D eigenvalue weighted by molar-refractivity contribution is 0.284. The molecule has 1 aromatic heterocycles. The SMILES string of the molecule is COc1cc(/C=N/Nc2nc(-c3ccccc3)c(C)s2)ccc1OCc1cccc(C)c1. The zero-order chi connectivity index (χ0) is 22.3. The number of hydrogen-bond donors (Lipinski definition) is 1. The Morgan fingerprint density at radius 1 is 0.969 bits per heavy atom. The average molecular weight is 444 g/mol. The molecule has 0 unspecified atom stereocenters. The monoisotopic (exact) mass is 443 g/mol. The maximum Gasteiger partial charge on any atom is 0.204 e. The van der Waals surface area contributed by atoms with Gasteiger partial charge in [0.25, 0.3) is 0 Å². The van der Waals surface area contributed by atoms with Crippen LogP contribution in [0.1, 0.15) is 21.6 Å². The van der Waals surface area contributed by atoms with Gasteiger partial charge in [0.15, 0.2) is 11.5 Å². The molecule has 6 heteroatoms. The van der Waals surface area contributed by atoms with Gasteiger partial charge in [0, 0.05) is 10.4 Å². The van der Waals surface area contributed by atoms with E-state index in [-0.39, 0.29) is 0 Å². The summed E-state index contributed by atoms with van der Waals surface area (Å²) in [7, 11) is 1.64. The summed E-state index contributed by atoms with van der Waals surface area (Å²) in [5, 5.41) is 5.10. The number of rotatable bonds is 8. The molecule has 5 nitrogen and oxygen atoms in total. The minimum absolute atomic E-state index is 0.486. The number of anilines is 1. The van der Waals surface area contributed by atoms with Gasteiger partial charge in [0.05, 0.1) is 19.0 Å². The Morgan fingerprint density at radius 2 is 1.81 bits per heavy atom. The largest absolute Gasteiger partial charge is 0.493 e. The van der Waals surface area contributed by atoms with Crippen molar-refractivity contribution in [2.45, 2.75) is 20.5 Å². The molecule has 0 saturated heterocycles. The number of nitrogens with one attached hydrogen (secondary N) is 1. The highest BCUT2D eigenvalue weighted by Gasteiger charge is 2.09. The lowest BCUT2D eigenvalue weighted by Gasteiger charge is -2.11. The normalized spacial score (nSPS) is 11.0. The van der Waals surface area contributed by atoms with Crippen molar-refractivity contribution in [3.05, 3.63) is 94.4 Å². The van der Waals surface area contributed by atoms with Crippen LogP contribution >= 0.6 is 11.3 Å². The molecular formula is C26H25N3O2S. The smallest absolute Gasteiger partial charge is 0.204 e. The van der Waals surface area contributed by atoms with Crippen LogP contribution in [-0.4, -0.2) is 18.3 Å². The van der Waals surface area contributed by atoms with Gasteiger partial charge in [-0.15, -0.1) is 11.3 Å². The second-order valence-electron chi connectivity index (χ2n) is 7.35. The molecule has 0 aliphatic carbocycles. The third-order valence-electron chi connectivity index (χ3n) is 4.88. The maximum atomic E-state index is 5.96. The Morgan fingerprint density at radius 3 is 2.59 bits per heavy atom. The molecule has 0 fully saturated rings. The Labute approximate surface area is 192 Å². The van der Waals surface area contributed by atoms with Crippen LogP contribution < -0.4 is 14.9 Å². The summed E-state index contributed by atoms with van der Waals surface area (Å²) < 4.78 is 11.5. The molecule has 0 radical (unpaired) electrons. The Balaban J connectivity index is 1.41. The summed E-state index contributed by atoms with van der Waals surface area (Å²) >= 11 is 1.58. The Kier molecular flexibility index (Phi) is 6.82. The summed E-state index contributed by atoms with van der Waals surface area (Å²) in [6, 6.07) is 24.2. The highest BCUT2D eigenvalue weighted by atomic mass is 32.1. The molecule has 0 saturated carbocycles. The molecular weight excluding hydrogens is 418 g/mol. The van der Waals surface area contributed by atoms with Gasteiger partial charge in [0.1, 0.15) is 6.61 Å². The predicted octanol–water partition coefficient (Wildman–Crippen LogP) is 6.46. The van der Waals surface area contributed by atoms with E-state index in [0.717, 1.165) is 32.4 Å². The molecule has 0 bridgehead atoms. The van der Waals surface area contributed by atoms with Crippen molar-refractivity contribution < 1.29 is 9.47 Å². The molecule has 1 heterocycles. The summed E-state index contributed by atoms with van der Waals surface area (Å²) in [6.45, 7) is 4.62. The minimum Gasteiger partial charge on any atom is -0.493 e. The molecule has 1 N–H and O–H groups in total. The zero-order valence-electron chi connectivity index (χ0n) is 18.3. The number of ether oxygens (including phenoxy) is 2.